The number of ether oxygens (including phenoxy) is 2. The van der Waals surface area contributed by atoms with Crippen LogP contribution in [0.1, 0.15) is 57.3 Å². The Balaban J connectivity index is 1.11. The number of carbonyl (C=O) groups is 1. The molecule has 1 fully saturated rings. The predicted molar refractivity (Wildman–Crippen MR) is 219 cm³/mol. The van der Waals surface area contributed by atoms with Crippen molar-refractivity contribution in [1.82, 2.24) is 19.6 Å². The molecule has 1 saturated heterocycles. The Hall–Kier alpha value is -4.85. The Kier molecular flexibility index (Phi) is 12.9. The van der Waals surface area contributed by atoms with E-state index < -0.39 is 40.5 Å². The van der Waals surface area contributed by atoms with Crippen LogP contribution in [0.15, 0.2) is 145 Å². The number of imidazole rings is 1. The summed E-state index contributed by atoms with van der Waals surface area (Å²) in [6.45, 7) is 2.29. The second-order valence-electron chi connectivity index (χ2n) is 14.0. The van der Waals surface area contributed by atoms with Gasteiger partial charge in [0.25, 0.3) is 0 Å². The Labute approximate surface area is 342 Å². The summed E-state index contributed by atoms with van der Waals surface area (Å²) in [6.07, 6.45) is 0.0716. The van der Waals surface area contributed by atoms with Crippen molar-refractivity contribution in [1.29, 1.82) is 0 Å². The highest BCUT2D eigenvalue weighted by atomic mass is 35.5. The average Bonchev–Trinajstić information content (AvgIpc) is 3.55. The number of benzene rings is 5. The van der Waals surface area contributed by atoms with E-state index in [2.05, 4.69) is 15.0 Å². The van der Waals surface area contributed by atoms with Crippen LogP contribution in [0.25, 0.3) is 0 Å². The summed E-state index contributed by atoms with van der Waals surface area (Å²) in [5, 5.41) is 13.2. The maximum atomic E-state index is 13.7. The van der Waals surface area contributed by atoms with Gasteiger partial charge < -0.3 is 24.5 Å². The molecule has 0 radical (unpaired) electrons. The SMILES string of the molecule is Cc1ccc(S(=O)(=O)NC(Cc2ccccc2)C(=O)NCc2ccc(C3OC(Cn4cnc(Cl)c4Cl)C(c4ccccc4)C(c4ccc(CO)cc4)O3)cc2)cc1. The van der Waals surface area contributed by atoms with Gasteiger partial charge in [0.2, 0.25) is 15.9 Å². The number of hydrogen-bond acceptors (Lipinski definition) is 7. The molecule has 57 heavy (non-hydrogen) atoms. The molecule has 0 aliphatic carbocycles. The molecular formula is C44H42Cl2N4O6S. The van der Waals surface area contributed by atoms with Crippen molar-refractivity contribution in [2.24, 2.45) is 0 Å². The number of aromatic nitrogens is 2. The van der Waals surface area contributed by atoms with Gasteiger partial charge in [-0.3, -0.25) is 4.79 Å². The van der Waals surface area contributed by atoms with E-state index in [1.807, 2.05) is 116 Å². The van der Waals surface area contributed by atoms with Crippen molar-refractivity contribution in [2.75, 3.05) is 0 Å². The number of amides is 1. The predicted octanol–water partition coefficient (Wildman–Crippen LogP) is 7.84. The molecule has 1 amide bonds. The zero-order chi connectivity index (χ0) is 39.9. The van der Waals surface area contributed by atoms with Gasteiger partial charge in [0.15, 0.2) is 11.4 Å². The number of nitrogens with one attached hydrogen (secondary N) is 2. The van der Waals surface area contributed by atoms with Gasteiger partial charge in [-0.05, 0) is 53.3 Å². The summed E-state index contributed by atoms with van der Waals surface area (Å²) in [5.41, 5.74) is 5.99. The number of aliphatic hydroxyl groups excluding tert-OH is 1. The molecule has 2 heterocycles. The number of aryl methyl sites for hydroxylation is 1. The third-order valence-electron chi connectivity index (χ3n) is 10.0. The summed E-state index contributed by atoms with van der Waals surface area (Å²) < 4.78 is 44.7. The van der Waals surface area contributed by atoms with Crippen LogP contribution in [0.3, 0.4) is 0 Å². The summed E-state index contributed by atoms with van der Waals surface area (Å²) in [4.78, 5) is 17.9. The monoisotopic (exact) mass is 824 g/mol. The fourth-order valence-electron chi connectivity index (χ4n) is 6.94. The van der Waals surface area contributed by atoms with Gasteiger partial charge >= 0.3 is 0 Å². The Morgan fingerprint density at radius 2 is 1.42 bits per heavy atom. The quantitative estimate of drug-likeness (QED) is 0.102. The van der Waals surface area contributed by atoms with Gasteiger partial charge in [-0.2, -0.15) is 4.72 Å². The van der Waals surface area contributed by atoms with Gasteiger partial charge in [-0.15, -0.1) is 0 Å². The number of nitrogens with zero attached hydrogens (tertiary/aromatic N) is 2. The molecule has 5 unspecified atom stereocenters. The number of sulfonamides is 1. The van der Waals surface area contributed by atoms with E-state index in [1.165, 1.54) is 12.1 Å². The highest BCUT2D eigenvalue weighted by Crippen LogP contribution is 2.47. The number of carbonyl (C=O) groups excluding carboxylic acids is 1. The molecule has 10 nitrogen and oxygen atoms in total. The smallest absolute Gasteiger partial charge is 0.241 e. The van der Waals surface area contributed by atoms with Crippen LogP contribution in [0, 0.1) is 6.92 Å². The van der Waals surface area contributed by atoms with E-state index >= 15 is 0 Å². The summed E-state index contributed by atoms with van der Waals surface area (Å²) in [7, 11) is -3.99. The van der Waals surface area contributed by atoms with Gasteiger partial charge in [-0.25, -0.2) is 13.4 Å². The van der Waals surface area contributed by atoms with E-state index in [1.54, 1.807) is 23.0 Å². The maximum Gasteiger partial charge on any atom is 0.241 e. The first-order valence-corrected chi connectivity index (χ1v) is 20.7. The molecule has 7 rings (SSSR count). The minimum absolute atomic E-state index is 0.0777. The first kappa shape index (κ1) is 40.4. The van der Waals surface area contributed by atoms with Crippen LogP contribution >= 0.6 is 23.2 Å². The van der Waals surface area contributed by atoms with E-state index in [0.717, 1.165) is 38.9 Å². The molecule has 5 aromatic carbocycles. The van der Waals surface area contributed by atoms with Gasteiger partial charge in [0.1, 0.15) is 11.2 Å². The third kappa shape index (κ3) is 9.82. The van der Waals surface area contributed by atoms with E-state index in [0.29, 0.717) is 11.7 Å². The molecule has 294 valence electrons. The zero-order valence-corrected chi connectivity index (χ0v) is 33.4. The topological polar surface area (TPSA) is 132 Å². The standard InChI is InChI=1S/C44H42Cl2N4O6S/c1-29-12-22-36(23-13-29)57(53,54)49-37(24-30-8-4-2-5-9-30)43(52)47-25-31-14-20-35(21-15-31)44-55-38(26-50-28-48-41(45)42(50)46)39(33-10-6-3-7-11-33)40(56-44)34-18-16-32(27-51)17-19-34/h2-23,28,37-40,44,49,51H,24-27H2,1H3,(H,47,52). The lowest BCUT2D eigenvalue weighted by Gasteiger charge is -2.43. The molecule has 0 bridgehead atoms. The minimum atomic E-state index is -3.99. The van der Waals surface area contributed by atoms with Crippen molar-refractivity contribution in [3.05, 3.63) is 189 Å². The highest BCUT2D eigenvalue weighted by Gasteiger charge is 2.42. The Bertz CT molecular complexity index is 2360. The highest BCUT2D eigenvalue weighted by molar-refractivity contribution is 7.89. The summed E-state index contributed by atoms with van der Waals surface area (Å²) in [5.74, 6) is -0.720. The van der Waals surface area contributed by atoms with Gasteiger partial charge in [0.05, 0.1) is 36.6 Å². The first-order chi connectivity index (χ1) is 27.6. The van der Waals surface area contributed by atoms with E-state index in [-0.39, 0.29) is 35.5 Å². The number of hydrogen-bond donors (Lipinski definition) is 3. The summed E-state index contributed by atoms with van der Waals surface area (Å²) in [6, 6.07) is 39.9. The lowest BCUT2D eigenvalue weighted by molar-refractivity contribution is -0.263. The van der Waals surface area contributed by atoms with E-state index in [9.17, 15) is 18.3 Å². The first-order valence-electron chi connectivity index (χ1n) is 18.5. The molecule has 6 aromatic rings. The van der Waals surface area contributed by atoms with Crippen LogP contribution in [-0.2, 0) is 50.4 Å². The molecular weight excluding hydrogens is 783 g/mol. The second kappa shape index (κ2) is 18.2. The van der Waals surface area contributed by atoms with Crippen LogP contribution in [0.5, 0.6) is 0 Å². The normalized spacial score (nSPS) is 18.9. The van der Waals surface area contributed by atoms with Crippen molar-refractivity contribution in [3.63, 3.8) is 0 Å². The van der Waals surface area contributed by atoms with Crippen molar-refractivity contribution >= 4 is 39.1 Å². The second-order valence-corrected chi connectivity index (χ2v) is 16.4. The van der Waals surface area contributed by atoms with Gasteiger partial charge in [0, 0.05) is 18.0 Å². The number of aliphatic hydroxyl groups is 1. The van der Waals surface area contributed by atoms with E-state index in [4.69, 9.17) is 32.7 Å². The Morgan fingerprint density at radius 1 is 0.789 bits per heavy atom. The zero-order valence-electron chi connectivity index (χ0n) is 31.0. The molecule has 3 N–H and O–H groups in total. The van der Waals surface area contributed by atoms with Crippen LogP contribution in [0.2, 0.25) is 10.3 Å². The molecule has 13 heteroatoms. The number of halogens is 2. The summed E-state index contributed by atoms with van der Waals surface area (Å²) >= 11 is 12.8. The van der Waals surface area contributed by atoms with Crippen molar-refractivity contribution < 1.29 is 27.8 Å². The fraction of sp³-hybridized carbons (Fsp3) is 0.227. The fourth-order valence-corrected chi connectivity index (χ4v) is 8.45. The lowest BCUT2D eigenvalue weighted by atomic mass is 9.83. The molecule has 0 spiro atoms. The van der Waals surface area contributed by atoms with Crippen molar-refractivity contribution in [3.8, 4) is 0 Å². The van der Waals surface area contributed by atoms with Crippen molar-refractivity contribution in [2.45, 2.75) is 68.4 Å². The molecule has 5 atom stereocenters. The average molecular weight is 826 g/mol. The lowest BCUT2D eigenvalue weighted by Crippen LogP contribution is -2.47. The Morgan fingerprint density at radius 3 is 2.05 bits per heavy atom. The van der Waals surface area contributed by atoms with Crippen LogP contribution in [-0.4, -0.2) is 41.1 Å². The minimum Gasteiger partial charge on any atom is -0.392 e. The largest absolute Gasteiger partial charge is 0.392 e. The van der Waals surface area contributed by atoms with Crippen LogP contribution < -0.4 is 10.0 Å². The molecule has 1 aliphatic rings. The third-order valence-corrected chi connectivity index (χ3v) is 12.3. The number of rotatable bonds is 14. The van der Waals surface area contributed by atoms with Gasteiger partial charge in [-0.1, -0.05) is 150 Å². The molecule has 1 aliphatic heterocycles. The van der Waals surface area contributed by atoms with Crippen LogP contribution in [0.4, 0.5) is 0 Å². The molecule has 1 aromatic heterocycles. The molecule has 0 saturated carbocycles. The maximum absolute atomic E-state index is 13.7.